The maximum atomic E-state index is 12.4. The van der Waals surface area contributed by atoms with E-state index in [9.17, 15) is 4.79 Å². The highest BCUT2D eigenvalue weighted by Gasteiger charge is 2.21. The Morgan fingerprint density at radius 2 is 1.78 bits per heavy atom. The molecule has 2 aromatic rings. The Morgan fingerprint density at radius 1 is 1.04 bits per heavy atom. The first kappa shape index (κ1) is 17.8. The number of morpholine rings is 1. The zero-order valence-electron chi connectivity index (χ0n) is 15.2. The first-order valence-corrected chi connectivity index (χ1v) is 9.34. The molecule has 142 valence electrons. The molecule has 0 bridgehead atoms. The van der Waals surface area contributed by atoms with E-state index in [1.165, 1.54) is 5.56 Å². The molecule has 0 spiro atoms. The summed E-state index contributed by atoms with van der Waals surface area (Å²) in [6.45, 7) is 5.20. The van der Waals surface area contributed by atoms with Crippen molar-refractivity contribution in [1.29, 1.82) is 0 Å². The second-order valence-electron chi connectivity index (χ2n) is 6.79. The van der Waals surface area contributed by atoms with E-state index in [2.05, 4.69) is 10.2 Å². The average Bonchev–Trinajstić information content (AvgIpc) is 2.73. The van der Waals surface area contributed by atoms with Crippen LogP contribution in [0.2, 0.25) is 0 Å². The maximum Gasteiger partial charge on any atom is 0.251 e. The lowest BCUT2D eigenvalue weighted by molar-refractivity contribution is 0.0342. The zero-order chi connectivity index (χ0) is 18.5. The predicted octanol–water partition coefficient (Wildman–Crippen LogP) is 2.09. The van der Waals surface area contributed by atoms with E-state index in [1.807, 2.05) is 48.5 Å². The number of nitrogens with zero attached hydrogens (tertiary/aromatic N) is 1. The fourth-order valence-corrected chi connectivity index (χ4v) is 3.25. The molecule has 1 atom stereocenters. The van der Waals surface area contributed by atoms with Crippen LogP contribution in [0.5, 0.6) is 11.5 Å². The molecule has 1 saturated heterocycles. The van der Waals surface area contributed by atoms with Gasteiger partial charge in [0.05, 0.1) is 19.8 Å². The largest absolute Gasteiger partial charge is 0.486 e. The summed E-state index contributed by atoms with van der Waals surface area (Å²) in [6, 6.07) is 15.3. The van der Waals surface area contributed by atoms with Crippen LogP contribution >= 0.6 is 0 Å². The van der Waals surface area contributed by atoms with Crippen LogP contribution in [0.25, 0.3) is 0 Å². The Bertz CT molecular complexity index is 772. The molecule has 1 amide bonds. The third kappa shape index (κ3) is 4.59. The third-order valence-electron chi connectivity index (χ3n) is 4.78. The van der Waals surface area contributed by atoms with Gasteiger partial charge in [-0.15, -0.1) is 0 Å². The lowest BCUT2D eigenvalue weighted by Crippen LogP contribution is -2.40. The first-order valence-electron chi connectivity index (χ1n) is 9.34. The topological polar surface area (TPSA) is 60.0 Å². The molecule has 0 radical (unpaired) electrons. The summed E-state index contributed by atoms with van der Waals surface area (Å²) in [5.41, 5.74) is 1.85. The van der Waals surface area contributed by atoms with Gasteiger partial charge in [-0.05, 0) is 29.8 Å². The molecular formula is C21H24N2O4. The summed E-state index contributed by atoms with van der Waals surface area (Å²) in [6.07, 6.45) is -0.190. The van der Waals surface area contributed by atoms with Crippen LogP contribution in [0.3, 0.4) is 0 Å². The monoisotopic (exact) mass is 368 g/mol. The Kier molecular flexibility index (Phi) is 5.55. The number of para-hydroxylation sites is 2. The molecule has 27 heavy (non-hydrogen) atoms. The van der Waals surface area contributed by atoms with E-state index in [-0.39, 0.29) is 12.0 Å². The molecule has 1 fully saturated rings. The number of carbonyl (C=O) groups is 1. The van der Waals surface area contributed by atoms with E-state index in [0.29, 0.717) is 18.7 Å². The average molecular weight is 368 g/mol. The lowest BCUT2D eigenvalue weighted by atomic mass is 10.1. The summed E-state index contributed by atoms with van der Waals surface area (Å²) in [7, 11) is 0. The van der Waals surface area contributed by atoms with Gasteiger partial charge in [0.15, 0.2) is 11.5 Å². The first-order chi connectivity index (χ1) is 13.3. The standard InChI is InChI=1S/C21H24N2O4/c24-21(22-13-18-15-26-19-3-1-2-4-20(19)27-18)17-7-5-16(6-8-17)14-23-9-11-25-12-10-23/h1-8,18H,9-15H2,(H,22,24)/t18-/m0/s1. The van der Waals surface area contributed by atoms with E-state index in [1.54, 1.807) is 0 Å². The summed E-state index contributed by atoms with van der Waals surface area (Å²) < 4.78 is 16.9. The van der Waals surface area contributed by atoms with Crippen molar-refractivity contribution < 1.29 is 19.0 Å². The van der Waals surface area contributed by atoms with Crippen molar-refractivity contribution in [2.45, 2.75) is 12.6 Å². The van der Waals surface area contributed by atoms with Gasteiger partial charge in [-0.1, -0.05) is 24.3 Å². The van der Waals surface area contributed by atoms with Gasteiger partial charge in [0.25, 0.3) is 5.91 Å². The number of rotatable bonds is 5. The minimum absolute atomic E-state index is 0.101. The quantitative estimate of drug-likeness (QED) is 0.876. The molecule has 2 aromatic carbocycles. The van der Waals surface area contributed by atoms with Crippen LogP contribution < -0.4 is 14.8 Å². The molecule has 2 aliphatic rings. The van der Waals surface area contributed by atoms with Gasteiger partial charge in [-0.2, -0.15) is 0 Å². The zero-order valence-corrected chi connectivity index (χ0v) is 15.2. The highest BCUT2D eigenvalue weighted by atomic mass is 16.6. The van der Waals surface area contributed by atoms with Crippen molar-refractivity contribution in [3.8, 4) is 11.5 Å². The summed E-state index contributed by atoms with van der Waals surface area (Å²) in [5.74, 6) is 1.36. The predicted molar refractivity (Wildman–Crippen MR) is 101 cm³/mol. The van der Waals surface area contributed by atoms with Crippen molar-refractivity contribution in [3.05, 3.63) is 59.7 Å². The summed E-state index contributed by atoms with van der Waals surface area (Å²) in [5, 5.41) is 2.93. The van der Waals surface area contributed by atoms with E-state index >= 15 is 0 Å². The highest BCUT2D eigenvalue weighted by Crippen LogP contribution is 2.30. The van der Waals surface area contributed by atoms with Gasteiger partial charge in [-0.3, -0.25) is 9.69 Å². The third-order valence-corrected chi connectivity index (χ3v) is 4.78. The molecule has 1 N–H and O–H groups in total. The fourth-order valence-electron chi connectivity index (χ4n) is 3.25. The number of fused-ring (bicyclic) bond motifs is 1. The van der Waals surface area contributed by atoms with Gasteiger partial charge in [0.1, 0.15) is 12.7 Å². The summed E-state index contributed by atoms with van der Waals surface area (Å²) >= 11 is 0. The molecule has 0 aliphatic carbocycles. The maximum absolute atomic E-state index is 12.4. The summed E-state index contributed by atoms with van der Waals surface area (Å²) in [4.78, 5) is 14.8. The Balaban J connectivity index is 1.27. The molecule has 4 rings (SSSR count). The number of ether oxygens (including phenoxy) is 3. The normalized spacial score (nSPS) is 19.5. The molecule has 0 aromatic heterocycles. The number of nitrogens with one attached hydrogen (secondary N) is 1. The van der Waals surface area contributed by atoms with Crippen LogP contribution in [0.4, 0.5) is 0 Å². The van der Waals surface area contributed by atoms with Gasteiger partial charge < -0.3 is 19.5 Å². The number of benzene rings is 2. The molecule has 2 heterocycles. The van der Waals surface area contributed by atoms with Gasteiger partial charge in [0, 0.05) is 25.2 Å². The van der Waals surface area contributed by atoms with E-state index < -0.39 is 0 Å². The molecule has 0 saturated carbocycles. The highest BCUT2D eigenvalue weighted by molar-refractivity contribution is 5.94. The number of carbonyl (C=O) groups excluding carboxylic acids is 1. The minimum Gasteiger partial charge on any atom is -0.486 e. The number of hydrogen-bond acceptors (Lipinski definition) is 5. The van der Waals surface area contributed by atoms with Crippen molar-refractivity contribution >= 4 is 5.91 Å². The second kappa shape index (κ2) is 8.41. The van der Waals surface area contributed by atoms with E-state index in [0.717, 1.165) is 44.3 Å². The molecule has 6 heteroatoms. The van der Waals surface area contributed by atoms with Crippen LogP contribution in [0, 0.1) is 0 Å². The number of amides is 1. The van der Waals surface area contributed by atoms with Crippen LogP contribution in [0.15, 0.2) is 48.5 Å². The number of hydrogen-bond donors (Lipinski definition) is 1. The Hall–Kier alpha value is -2.57. The molecular weight excluding hydrogens is 344 g/mol. The molecule has 2 aliphatic heterocycles. The van der Waals surface area contributed by atoms with Crippen molar-refractivity contribution in [3.63, 3.8) is 0 Å². The SMILES string of the molecule is O=C(NC[C@H]1COc2ccccc2O1)c1ccc(CN2CCOCC2)cc1. The van der Waals surface area contributed by atoms with Crippen molar-refractivity contribution in [2.24, 2.45) is 0 Å². The van der Waals surface area contributed by atoms with Crippen LogP contribution in [-0.4, -0.2) is 56.4 Å². The smallest absolute Gasteiger partial charge is 0.251 e. The fraction of sp³-hybridized carbons (Fsp3) is 0.381. The Labute approximate surface area is 159 Å². The second-order valence-corrected chi connectivity index (χ2v) is 6.79. The van der Waals surface area contributed by atoms with Crippen LogP contribution in [-0.2, 0) is 11.3 Å². The lowest BCUT2D eigenvalue weighted by Gasteiger charge is -2.27. The van der Waals surface area contributed by atoms with E-state index in [4.69, 9.17) is 14.2 Å². The Morgan fingerprint density at radius 3 is 2.56 bits per heavy atom. The minimum atomic E-state index is -0.190. The van der Waals surface area contributed by atoms with Gasteiger partial charge in [-0.25, -0.2) is 0 Å². The van der Waals surface area contributed by atoms with Crippen molar-refractivity contribution in [1.82, 2.24) is 10.2 Å². The van der Waals surface area contributed by atoms with Gasteiger partial charge >= 0.3 is 0 Å². The van der Waals surface area contributed by atoms with Gasteiger partial charge in [0.2, 0.25) is 0 Å². The molecule has 6 nitrogen and oxygen atoms in total. The molecule has 0 unspecified atom stereocenters. The van der Waals surface area contributed by atoms with Crippen molar-refractivity contribution in [2.75, 3.05) is 39.5 Å². The van der Waals surface area contributed by atoms with Crippen LogP contribution in [0.1, 0.15) is 15.9 Å².